The highest BCUT2D eigenvalue weighted by molar-refractivity contribution is 4.97. The van der Waals surface area contributed by atoms with Crippen LogP contribution in [0.4, 0.5) is 0 Å². The minimum Gasteiger partial charge on any atom is -0.388 e. The lowest BCUT2D eigenvalue weighted by Crippen LogP contribution is -2.16. The third-order valence-corrected chi connectivity index (χ3v) is 1.44. The number of hydrogen-bond acceptors (Lipinski definition) is 2. The molecule has 3 N–H and O–H groups in total. The van der Waals surface area contributed by atoms with Gasteiger partial charge in [-0.15, -0.1) is 5.73 Å². The van der Waals surface area contributed by atoms with Gasteiger partial charge in [-0.3, -0.25) is 0 Å². The van der Waals surface area contributed by atoms with E-state index in [9.17, 15) is 0 Å². The van der Waals surface area contributed by atoms with Crippen molar-refractivity contribution in [3.8, 4) is 0 Å². The van der Waals surface area contributed by atoms with Gasteiger partial charge in [-0.05, 0) is 25.6 Å². The van der Waals surface area contributed by atoms with E-state index in [4.69, 9.17) is 5.73 Å². The van der Waals surface area contributed by atoms with Crippen molar-refractivity contribution in [1.82, 2.24) is 5.32 Å². The second-order valence-corrected chi connectivity index (χ2v) is 2.64. The van der Waals surface area contributed by atoms with Crippen molar-refractivity contribution in [1.29, 1.82) is 0 Å². The summed E-state index contributed by atoms with van der Waals surface area (Å²) in [4.78, 5) is 0. The Bertz CT molecular complexity index is 210. The number of nitrogens with one attached hydrogen (secondary N) is 1. The molecule has 2 heteroatoms. The molecule has 0 saturated carbocycles. The first-order valence-electron chi connectivity index (χ1n) is 4.42. The maximum absolute atomic E-state index is 5.74. The van der Waals surface area contributed by atoms with Gasteiger partial charge in [0.1, 0.15) is 0 Å². The number of rotatable bonds is 6. The normalized spacial score (nSPS) is 13.1. The lowest BCUT2D eigenvalue weighted by Gasteiger charge is -2.00. The molecule has 0 aromatic carbocycles. The Morgan fingerprint density at radius 1 is 1.62 bits per heavy atom. The van der Waals surface area contributed by atoms with Crippen LogP contribution in [0.3, 0.4) is 0 Å². The van der Waals surface area contributed by atoms with Crippen LogP contribution in [0, 0.1) is 0 Å². The monoisotopic (exact) mass is 178 g/mol. The molecule has 0 rings (SSSR count). The van der Waals surface area contributed by atoms with Gasteiger partial charge in [0.15, 0.2) is 0 Å². The molecule has 0 saturated heterocycles. The minimum atomic E-state index is 0.0710. The van der Waals surface area contributed by atoms with Crippen LogP contribution in [0.5, 0.6) is 0 Å². The molecule has 0 aliphatic carbocycles. The third-order valence-electron chi connectivity index (χ3n) is 1.44. The van der Waals surface area contributed by atoms with Gasteiger partial charge in [-0.25, -0.2) is 0 Å². The summed E-state index contributed by atoms with van der Waals surface area (Å²) in [6.07, 6.45) is 10.5. The predicted octanol–water partition coefficient (Wildman–Crippen LogP) is 1.72. The van der Waals surface area contributed by atoms with Crippen LogP contribution in [-0.4, -0.2) is 12.6 Å². The lowest BCUT2D eigenvalue weighted by atomic mass is 10.2. The van der Waals surface area contributed by atoms with Gasteiger partial charge in [0.05, 0.1) is 0 Å². The summed E-state index contributed by atoms with van der Waals surface area (Å²) in [5, 5.41) is 3.09. The molecule has 0 heterocycles. The van der Waals surface area contributed by atoms with E-state index in [-0.39, 0.29) is 6.04 Å². The van der Waals surface area contributed by atoms with Gasteiger partial charge >= 0.3 is 0 Å². The Kier molecular flexibility index (Phi) is 8.01. The van der Waals surface area contributed by atoms with E-state index in [2.05, 4.69) is 17.6 Å². The SMILES string of the molecule is C=C=CCC(N)C=CCNC=CC. The molecule has 1 atom stereocenters. The van der Waals surface area contributed by atoms with Crippen molar-refractivity contribution >= 4 is 0 Å². The van der Waals surface area contributed by atoms with E-state index in [0.29, 0.717) is 0 Å². The molecule has 0 aliphatic heterocycles. The van der Waals surface area contributed by atoms with E-state index in [1.165, 1.54) is 0 Å². The molecule has 2 nitrogen and oxygen atoms in total. The number of allylic oxidation sites excluding steroid dienone is 1. The zero-order chi connectivity index (χ0) is 9.94. The Labute approximate surface area is 80.5 Å². The Morgan fingerprint density at radius 3 is 3.00 bits per heavy atom. The highest BCUT2D eigenvalue weighted by atomic mass is 14.8. The fourth-order valence-electron chi connectivity index (χ4n) is 0.795. The number of nitrogens with two attached hydrogens (primary N) is 1. The molecule has 72 valence electrons. The zero-order valence-corrected chi connectivity index (χ0v) is 8.16. The summed E-state index contributed by atoms with van der Waals surface area (Å²) in [5.74, 6) is 0. The molecule has 0 aromatic rings. The zero-order valence-electron chi connectivity index (χ0n) is 8.16. The second-order valence-electron chi connectivity index (χ2n) is 2.64. The van der Waals surface area contributed by atoms with Crippen LogP contribution in [0.15, 0.2) is 42.8 Å². The maximum Gasteiger partial charge on any atom is 0.0325 e. The Hall–Kier alpha value is -1.24. The predicted molar refractivity (Wildman–Crippen MR) is 58.3 cm³/mol. The van der Waals surface area contributed by atoms with Crippen LogP contribution in [0.25, 0.3) is 0 Å². The van der Waals surface area contributed by atoms with Crippen LogP contribution >= 0.6 is 0 Å². The van der Waals surface area contributed by atoms with Gasteiger partial charge in [0, 0.05) is 12.6 Å². The first-order chi connectivity index (χ1) is 6.31. The third kappa shape index (κ3) is 8.67. The molecule has 0 fully saturated rings. The Morgan fingerprint density at radius 2 is 2.38 bits per heavy atom. The standard InChI is InChI=1S/C11H18N2/c1-3-5-7-11(12)8-6-10-13-9-4-2/h4-6,8-9,11,13H,1,7,10,12H2,2H3. The van der Waals surface area contributed by atoms with Crippen LogP contribution in [-0.2, 0) is 0 Å². The average molecular weight is 178 g/mol. The minimum absolute atomic E-state index is 0.0710. The van der Waals surface area contributed by atoms with E-state index in [1.807, 2.05) is 37.4 Å². The van der Waals surface area contributed by atoms with E-state index in [0.717, 1.165) is 13.0 Å². The maximum atomic E-state index is 5.74. The molecule has 0 amide bonds. The van der Waals surface area contributed by atoms with Gasteiger partial charge in [0.2, 0.25) is 0 Å². The van der Waals surface area contributed by atoms with Crippen molar-refractivity contribution in [3.63, 3.8) is 0 Å². The fraction of sp³-hybridized carbons (Fsp3) is 0.364. The first-order valence-corrected chi connectivity index (χ1v) is 4.42. The molecular formula is C11H18N2. The van der Waals surface area contributed by atoms with Gasteiger partial charge in [-0.2, -0.15) is 0 Å². The molecule has 13 heavy (non-hydrogen) atoms. The molecule has 0 bridgehead atoms. The topological polar surface area (TPSA) is 38.0 Å². The highest BCUT2D eigenvalue weighted by Gasteiger charge is 1.90. The van der Waals surface area contributed by atoms with Crippen molar-refractivity contribution in [2.45, 2.75) is 19.4 Å². The van der Waals surface area contributed by atoms with Crippen LogP contribution in [0.1, 0.15) is 13.3 Å². The highest BCUT2D eigenvalue weighted by Crippen LogP contribution is 1.90. The second kappa shape index (κ2) is 8.85. The first kappa shape index (κ1) is 11.8. The van der Waals surface area contributed by atoms with Crippen molar-refractivity contribution in [2.24, 2.45) is 5.73 Å². The smallest absolute Gasteiger partial charge is 0.0325 e. The Balaban J connectivity index is 3.52. The van der Waals surface area contributed by atoms with Crippen molar-refractivity contribution < 1.29 is 0 Å². The van der Waals surface area contributed by atoms with Crippen LogP contribution < -0.4 is 11.1 Å². The summed E-state index contributed by atoms with van der Waals surface area (Å²) in [6, 6.07) is 0.0710. The molecule has 1 unspecified atom stereocenters. The molecule has 0 spiro atoms. The van der Waals surface area contributed by atoms with E-state index >= 15 is 0 Å². The lowest BCUT2D eigenvalue weighted by molar-refractivity contribution is 0.827. The van der Waals surface area contributed by atoms with E-state index in [1.54, 1.807) is 0 Å². The van der Waals surface area contributed by atoms with Crippen LogP contribution in [0.2, 0.25) is 0 Å². The van der Waals surface area contributed by atoms with Crippen molar-refractivity contribution in [3.05, 3.63) is 42.8 Å². The van der Waals surface area contributed by atoms with Gasteiger partial charge < -0.3 is 11.1 Å². The van der Waals surface area contributed by atoms with Gasteiger partial charge in [-0.1, -0.05) is 24.8 Å². The largest absolute Gasteiger partial charge is 0.388 e. The summed E-state index contributed by atoms with van der Waals surface area (Å²) < 4.78 is 0. The van der Waals surface area contributed by atoms with Crippen molar-refractivity contribution in [2.75, 3.05) is 6.54 Å². The quantitative estimate of drug-likeness (QED) is 0.369. The number of hydrogen-bond donors (Lipinski definition) is 2. The molecule has 0 aromatic heterocycles. The summed E-state index contributed by atoms with van der Waals surface area (Å²) in [7, 11) is 0. The molecule has 0 radical (unpaired) electrons. The summed E-state index contributed by atoms with van der Waals surface area (Å²) in [5.41, 5.74) is 8.44. The summed E-state index contributed by atoms with van der Waals surface area (Å²) in [6.45, 7) is 6.26. The molecule has 0 aliphatic rings. The summed E-state index contributed by atoms with van der Waals surface area (Å²) >= 11 is 0. The molecular weight excluding hydrogens is 160 g/mol. The fourth-order valence-corrected chi connectivity index (χ4v) is 0.795. The average Bonchev–Trinajstić information content (AvgIpc) is 2.14. The van der Waals surface area contributed by atoms with E-state index < -0.39 is 0 Å². The van der Waals surface area contributed by atoms with Gasteiger partial charge in [0.25, 0.3) is 0 Å².